The molecule has 28 heavy (non-hydrogen) atoms. The third kappa shape index (κ3) is 6.03. The lowest BCUT2D eigenvalue weighted by atomic mass is 10.0. The van der Waals surface area contributed by atoms with Gasteiger partial charge in [-0.25, -0.2) is 20.5 Å². The fraction of sp³-hybridized carbons (Fsp3) is 0.562. The van der Waals surface area contributed by atoms with Crippen molar-refractivity contribution in [2.75, 3.05) is 25.0 Å². The van der Waals surface area contributed by atoms with E-state index in [1.165, 1.54) is 6.33 Å². The molecule has 0 unspecified atom stereocenters. The van der Waals surface area contributed by atoms with E-state index in [0.29, 0.717) is 35.4 Å². The van der Waals surface area contributed by atoms with Crippen LogP contribution in [0.4, 0.5) is 5.82 Å². The zero-order valence-electron chi connectivity index (χ0n) is 15.7. The molecule has 0 bridgehead atoms. The Bertz CT molecular complexity index is 789. The number of hydroxylamine groups is 2. The highest BCUT2D eigenvalue weighted by atomic mass is 16.5. The fourth-order valence-electron chi connectivity index (χ4n) is 2.64. The monoisotopic (exact) mass is 394 g/mol. The second kappa shape index (κ2) is 11.0. The minimum Gasteiger partial charge on any atom is -0.395 e. The van der Waals surface area contributed by atoms with Gasteiger partial charge in [0.2, 0.25) is 17.9 Å². The van der Waals surface area contributed by atoms with Gasteiger partial charge in [0.25, 0.3) is 0 Å². The Kier molecular flexibility index (Phi) is 8.37. The molecule has 12 heteroatoms. The van der Waals surface area contributed by atoms with Crippen LogP contribution in [-0.4, -0.2) is 67.3 Å². The van der Waals surface area contributed by atoms with Crippen molar-refractivity contribution < 1.29 is 19.9 Å². The number of H-pyrrole nitrogens is 2. The Morgan fingerprint density at radius 3 is 2.93 bits per heavy atom. The molecular formula is C16H26N8O4. The van der Waals surface area contributed by atoms with Crippen molar-refractivity contribution in [3.8, 4) is 11.5 Å². The largest absolute Gasteiger partial charge is 0.395 e. The molecule has 2 aliphatic heterocycles. The number of rotatable bonds is 12. The lowest BCUT2D eigenvalue weighted by molar-refractivity contribution is -0.154. The van der Waals surface area contributed by atoms with Crippen LogP contribution in [0, 0.1) is 5.92 Å². The van der Waals surface area contributed by atoms with E-state index < -0.39 is 11.8 Å². The van der Waals surface area contributed by atoms with Gasteiger partial charge in [0.05, 0.1) is 19.1 Å². The van der Waals surface area contributed by atoms with Gasteiger partial charge in [0, 0.05) is 6.54 Å². The van der Waals surface area contributed by atoms with Gasteiger partial charge in [0.15, 0.2) is 5.82 Å². The Morgan fingerprint density at radius 2 is 2.21 bits per heavy atom. The first-order chi connectivity index (χ1) is 13.6. The molecule has 154 valence electrons. The number of nitrogens with one attached hydrogen (secondary N) is 4. The summed E-state index contributed by atoms with van der Waals surface area (Å²) in [5.41, 5.74) is 3.19. The standard InChI is InChI=1S/C16H26N8O4/c1-2-3-4-5-11(8-24(28)10-26)15(27)22-23-16-20-13(17-6-7-25)12-14(21-16)19-9-18-12/h9-11,25,28H,2-8H2,1H3,(H,22,27)(H3,17,18,19,20,21,23)/t11-/m0/s1. The second-order valence-corrected chi connectivity index (χ2v) is 6.20. The van der Waals surface area contributed by atoms with Gasteiger partial charge in [-0.15, -0.1) is 5.10 Å². The van der Waals surface area contributed by atoms with Crippen molar-refractivity contribution in [1.82, 2.24) is 30.4 Å². The number of nitrogens with zero attached hydrogens (tertiary/aromatic N) is 4. The maximum atomic E-state index is 12.5. The number of aromatic amines is 2. The van der Waals surface area contributed by atoms with E-state index in [2.05, 4.69) is 35.8 Å². The summed E-state index contributed by atoms with van der Waals surface area (Å²) in [5, 5.41) is 25.9. The van der Waals surface area contributed by atoms with Gasteiger partial charge < -0.3 is 20.4 Å². The van der Waals surface area contributed by atoms with Crippen molar-refractivity contribution in [3.05, 3.63) is 11.9 Å². The molecule has 2 aliphatic rings. The van der Waals surface area contributed by atoms with Crippen LogP contribution in [0.15, 0.2) is 11.4 Å². The SMILES string of the molecule is CCCCC[C@@H](CN(O)C=O)C(=O)NN=c1[nH]c2ncnc-2c(NCCO)[nH]1. The zero-order chi connectivity index (χ0) is 20.4. The average Bonchev–Trinajstić information content (AvgIpc) is 3.18. The summed E-state index contributed by atoms with van der Waals surface area (Å²) < 4.78 is 0. The summed E-state index contributed by atoms with van der Waals surface area (Å²) in [4.78, 5) is 37.1. The third-order valence-electron chi connectivity index (χ3n) is 4.06. The molecule has 0 aliphatic carbocycles. The fourth-order valence-corrected chi connectivity index (χ4v) is 2.64. The predicted molar refractivity (Wildman–Crippen MR) is 98.8 cm³/mol. The first-order valence-corrected chi connectivity index (χ1v) is 9.11. The Morgan fingerprint density at radius 1 is 1.39 bits per heavy atom. The van der Waals surface area contributed by atoms with Crippen LogP contribution in [-0.2, 0) is 9.59 Å². The lowest BCUT2D eigenvalue weighted by Gasteiger charge is -2.18. The first-order valence-electron chi connectivity index (χ1n) is 9.11. The summed E-state index contributed by atoms with van der Waals surface area (Å²) in [6.45, 7) is 2.16. The summed E-state index contributed by atoms with van der Waals surface area (Å²) in [5.74, 6) is -0.0678. The highest BCUT2D eigenvalue weighted by molar-refractivity contribution is 5.78. The number of amides is 2. The third-order valence-corrected chi connectivity index (χ3v) is 4.06. The van der Waals surface area contributed by atoms with Crippen molar-refractivity contribution in [2.24, 2.45) is 11.0 Å². The highest BCUT2D eigenvalue weighted by Crippen LogP contribution is 2.19. The van der Waals surface area contributed by atoms with Crippen LogP contribution in [0.1, 0.15) is 32.6 Å². The normalized spacial score (nSPS) is 12.8. The second-order valence-electron chi connectivity index (χ2n) is 6.20. The molecular weight excluding hydrogens is 368 g/mol. The van der Waals surface area contributed by atoms with Crippen molar-refractivity contribution in [1.29, 1.82) is 0 Å². The van der Waals surface area contributed by atoms with Crippen LogP contribution >= 0.6 is 0 Å². The zero-order valence-corrected chi connectivity index (χ0v) is 15.7. The van der Waals surface area contributed by atoms with Gasteiger partial charge in [-0.3, -0.25) is 14.8 Å². The minimum absolute atomic E-state index is 0.0703. The van der Waals surface area contributed by atoms with Crippen molar-refractivity contribution in [3.63, 3.8) is 0 Å². The van der Waals surface area contributed by atoms with Gasteiger partial charge in [0.1, 0.15) is 17.8 Å². The number of aromatic nitrogens is 4. The molecule has 0 spiro atoms. The Balaban J connectivity index is 2.15. The van der Waals surface area contributed by atoms with Crippen LogP contribution in [0.5, 0.6) is 0 Å². The highest BCUT2D eigenvalue weighted by Gasteiger charge is 2.20. The number of unbranched alkanes of at least 4 members (excludes halogenated alkanes) is 2. The van der Waals surface area contributed by atoms with Crippen LogP contribution < -0.4 is 16.4 Å². The molecule has 0 fully saturated rings. The van der Waals surface area contributed by atoms with E-state index >= 15 is 0 Å². The number of anilines is 1. The smallest absolute Gasteiger partial charge is 0.245 e. The molecule has 1 atom stereocenters. The maximum absolute atomic E-state index is 12.5. The van der Waals surface area contributed by atoms with Crippen LogP contribution in [0.2, 0.25) is 0 Å². The number of aliphatic hydroxyl groups excluding tert-OH is 1. The van der Waals surface area contributed by atoms with Crippen molar-refractivity contribution >= 4 is 18.1 Å². The van der Waals surface area contributed by atoms with Crippen LogP contribution in [0.25, 0.3) is 11.5 Å². The number of fused-ring (bicyclic) bond motifs is 1. The number of aliphatic hydroxyl groups is 1. The quantitative estimate of drug-likeness (QED) is 0.123. The molecule has 6 N–H and O–H groups in total. The predicted octanol–water partition coefficient (Wildman–Crippen LogP) is -0.382. The summed E-state index contributed by atoms with van der Waals surface area (Å²) in [7, 11) is 0. The number of imidazole rings is 1. The van der Waals surface area contributed by atoms with E-state index in [4.69, 9.17) is 5.11 Å². The lowest BCUT2D eigenvalue weighted by Crippen LogP contribution is -2.37. The molecule has 0 radical (unpaired) electrons. The molecule has 2 rings (SSSR count). The Labute approximate surface area is 161 Å². The van der Waals surface area contributed by atoms with E-state index in [-0.39, 0.29) is 25.2 Å². The maximum Gasteiger partial charge on any atom is 0.245 e. The molecule has 2 heterocycles. The molecule has 0 aromatic heterocycles. The van der Waals surface area contributed by atoms with E-state index in [1.807, 2.05) is 6.92 Å². The topological polar surface area (TPSA) is 172 Å². The summed E-state index contributed by atoms with van der Waals surface area (Å²) in [6, 6.07) is 0. The molecule has 0 aromatic rings. The van der Waals surface area contributed by atoms with Crippen molar-refractivity contribution in [2.45, 2.75) is 32.6 Å². The van der Waals surface area contributed by atoms with E-state index in [0.717, 1.165) is 19.3 Å². The molecule has 2 amide bonds. The van der Waals surface area contributed by atoms with Gasteiger partial charge in [-0.1, -0.05) is 26.2 Å². The number of carbonyl (C=O) groups excluding carboxylic acids is 2. The van der Waals surface area contributed by atoms with Crippen LogP contribution in [0.3, 0.4) is 0 Å². The number of carbonyl (C=O) groups is 2. The Hall–Kier alpha value is -2.99. The summed E-state index contributed by atoms with van der Waals surface area (Å²) in [6.07, 6.45) is 4.89. The van der Waals surface area contributed by atoms with E-state index in [9.17, 15) is 14.8 Å². The molecule has 0 saturated carbocycles. The van der Waals surface area contributed by atoms with Gasteiger partial charge in [-0.2, -0.15) is 0 Å². The number of hydrogen-bond donors (Lipinski definition) is 6. The number of hydrogen-bond acceptors (Lipinski definition) is 8. The van der Waals surface area contributed by atoms with Gasteiger partial charge >= 0.3 is 0 Å². The molecule has 0 aromatic carbocycles. The molecule has 0 saturated heterocycles. The minimum atomic E-state index is -0.597. The summed E-state index contributed by atoms with van der Waals surface area (Å²) >= 11 is 0. The molecule has 12 nitrogen and oxygen atoms in total. The first kappa shape index (κ1) is 21.3. The van der Waals surface area contributed by atoms with Gasteiger partial charge in [-0.05, 0) is 6.42 Å². The van der Waals surface area contributed by atoms with E-state index in [1.54, 1.807) is 0 Å². The average molecular weight is 394 g/mol.